The molecule has 1 aromatic heterocycles. The summed E-state index contributed by atoms with van der Waals surface area (Å²) < 4.78 is 7.58. The van der Waals surface area contributed by atoms with E-state index in [0.29, 0.717) is 23.4 Å². The van der Waals surface area contributed by atoms with Crippen molar-refractivity contribution in [2.45, 2.75) is 85.8 Å². The molecule has 204 valence electrons. The number of aromatic nitrogens is 1. The minimum Gasteiger partial charge on any atom is -0.508 e. The normalized spacial score (nSPS) is 11.3. The van der Waals surface area contributed by atoms with Crippen molar-refractivity contribution in [3.05, 3.63) is 70.1 Å². The summed E-state index contributed by atoms with van der Waals surface area (Å²) in [7, 11) is 0. The second-order valence-electron chi connectivity index (χ2n) is 10.5. The van der Waals surface area contributed by atoms with Gasteiger partial charge in [0.05, 0.1) is 6.10 Å². The van der Waals surface area contributed by atoms with Gasteiger partial charge in [-0.25, -0.2) is 4.79 Å². The number of pyridine rings is 1. The molecular weight excluding hydrogens is 478 g/mol. The Balaban J connectivity index is 2.11. The molecule has 1 heterocycles. The van der Waals surface area contributed by atoms with Crippen molar-refractivity contribution in [1.29, 1.82) is 0 Å². The standard InChI is InChI=1S/C31H41N3O4/c1-8-9-16-34-17-15-26(25-14-13-22(35)18-27(25)38-21(6)7)29(30(34)36)33-31(37)32-28-23(19(2)3)11-10-12-24(28)20(4)5/h10-15,17-21,35H,8-9,16H2,1-7H3,(H2,32,33,37). The molecule has 0 atom stereocenters. The van der Waals surface area contributed by atoms with Gasteiger partial charge in [-0.15, -0.1) is 0 Å². The van der Waals surface area contributed by atoms with Crippen LogP contribution in [0.3, 0.4) is 0 Å². The molecule has 0 fully saturated rings. The molecule has 0 aliphatic carbocycles. The highest BCUT2D eigenvalue weighted by atomic mass is 16.5. The van der Waals surface area contributed by atoms with Crippen molar-refractivity contribution in [3.8, 4) is 22.6 Å². The molecule has 3 aromatic rings. The van der Waals surface area contributed by atoms with E-state index in [1.165, 1.54) is 6.07 Å². The predicted octanol–water partition coefficient (Wildman–Crippen LogP) is 7.70. The lowest BCUT2D eigenvalue weighted by atomic mass is 9.93. The Morgan fingerprint density at radius 2 is 1.55 bits per heavy atom. The number of nitrogens with one attached hydrogen (secondary N) is 2. The largest absolute Gasteiger partial charge is 0.508 e. The van der Waals surface area contributed by atoms with Gasteiger partial charge in [0.15, 0.2) is 0 Å². The van der Waals surface area contributed by atoms with E-state index in [-0.39, 0.29) is 34.9 Å². The van der Waals surface area contributed by atoms with Crippen LogP contribution in [0.1, 0.15) is 84.3 Å². The Labute approximate surface area is 225 Å². The summed E-state index contributed by atoms with van der Waals surface area (Å²) in [6.07, 6.45) is 3.37. The molecule has 0 unspecified atom stereocenters. The zero-order valence-corrected chi connectivity index (χ0v) is 23.6. The summed E-state index contributed by atoms with van der Waals surface area (Å²) in [6, 6.07) is 12.1. The first-order valence-corrected chi connectivity index (χ1v) is 13.5. The molecule has 7 nitrogen and oxygen atoms in total. The summed E-state index contributed by atoms with van der Waals surface area (Å²) in [4.78, 5) is 27.1. The number of amides is 2. The van der Waals surface area contributed by atoms with Gasteiger partial charge in [0.2, 0.25) is 0 Å². The number of nitrogens with zero attached hydrogens (tertiary/aromatic N) is 1. The molecule has 7 heteroatoms. The highest BCUT2D eigenvalue weighted by Gasteiger charge is 2.21. The zero-order valence-electron chi connectivity index (χ0n) is 23.6. The molecule has 3 N–H and O–H groups in total. The molecule has 0 aliphatic heterocycles. The topological polar surface area (TPSA) is 92.6 Å². The first kappa shape index (κ1) is 28.8. The lowest BCUT2D eigenvalue weighted by Crippen LogP contribution is -2.29. The molecule has 0 bridgehead atoms. The van der Waals surface area contributed by atoms with Crippen LogP contribution in [0, 0.1) is 0 Å². The van der Waals surface area contributed by atoms with Crippen LogP contribution >= 0.6 is 0 Å². The number of phenols is 1. The highest BCUT2D eigenvalue weighted by molar-refractivity contribution is 6.03. The van der Waals surface area contributed by atoms with Gasteiger partial charge in [-0.2, -0.15) is 0 Å². The lowest BCUT2D eigenvalue weighted by Gasteiger charge is -2.21. The molecule has 2 aromatic carbocycles. The number of ether oxygens (including phenoxy) is 1. The maximum absolute atomic E-state index is 13.6. The Morgan fingerprint density at radius 1 is 0.921 bits per heavy atom. The monoisotopic (exact) mass is 519 g/mol. The van der Waals surface area contributed by atoms with Crippen LogP contribution in [0.15, 0.2) is 53.5 Å². The van der Waals surface area contributed by atoms with Crippen LogP contribution in [0.2, 0.25) is 0 Å². The number of aryl methyl sites for hydroxylation is 1. The van der Waals surface area contributed by atoms with Gasteiger partial charge in [0.25, 0.3) is 5.56 Å². The number of hydrogen-bond acceptors (Lipinski definition) is 4. The van der Waals surface area contributed by atoms with Crippen molar-refractivity contribution in [2.75, 3.05) is 10.6 Å². The summed E-state index contributed by atoms with van der Waals surface area (Å²) in [5.74, 6) is 0.895. The summed E-state index contributed by atoms with van der Waals surface area (Å²) in [5, 5.41) is 16.0. The molecule has 0 radical (unpaired) electrons. The number of benzene rings is 2. The van der Waals surface area contributed by atoms with Gasteiger partial charge in [-0.3, -0.25) is 4.79 Å². The van der Waals surface area contributed by atoms with Crippen molar-refractivity contribution in [3.63, 3.8) is 0 Å². The van der Waals surface area contributed by atoms with Crippen LogP contribution in [0.5, 0.6) is 11.5 Å². The van der Waals surface area contributed by atoms with Crippen LogP contribution in [0.25, 0.3) is 11.1 Å². The summed E-state index contributed by atoms with van der Waals surface area (Å²) in [6.45, 7) is 14.7. The lowest BCUT2D eigenvalue weighted by molar-refractivity contribution is 0.242. The molecule has 38 heavy (non-hydrogen) atoms. The van der Waals surface area contributed by atoms with E-state index in [1.54, 1.807) is 22.9 Å². The van der Waals surface area contributed by atoms with Gasteiger partial charge in [-0.1, -0.05) is 59.2 Å². The van der Waals surface area contributed by atoms with E-state index in [1.807, 2.05) is 38.1 Å². The molecule has 0 aliphatic rings. The first-order chi connectivity index (χ1) is 18.0. The number of anilines is 2. The number of carbonyl (C=O) groups is 1. The third-order valence-corrected chi connectivity index (χ3v) is 6.39. The number of para-hydroxylation sites is 1. The Morgan fingerprint density at radius 3 is 2.13 bits per heavy atom. The van der Waals surface area contributed by atoms with Crippen molar-refractivity contribution < 1.29 is 14.6 Å². The Hall–Kier alpha value is -3.74. The average Bonchev–Trinajstić information content (AvgIpc) is 2.84. The molecule has 0 saturated carbocycles. The third-order valence-electron chi connectivity index (χ3n) is 6.39. The van der Waals surface area contributed by atoms with Gasteiger partial charge >= 0.3 is 6.03 Å². The second kappa shape index (κ2) is 12.7. The van der Waals surface area contributed by atoms with Crippen LogP contribution < -0.4 is 20.9 Å². The summed E-state index contributed by atoms with van der Waals surface area (Å²) in [5.41, 5.74) is 3.83. The smallest absolute Gasteiger partial charge is 0.323 e. The number of aromatic hydroxyl groups is 1. The number of rotatable bonds is 10. The van der Waals surface area contributed by atoms with E-state index >= 15 is 0 Å². The SMILES string of the molecule is CCCCn1ccc(-c2ccc(O)cc2OC(C)C)c(NC(=O)Nc2c(C(C)C)cccc2C(C)C)c1=O. The van der Waals surface area contributed by atoms with E-state index in [2.05, 4.69) is 45.3 Å². The number of urea groups is 1. The molecular formula is C31H41N3O4. The number of hydrogen-bond donors (Lipinski definition) is 3. The number of unbranched alkanes of at least 4 members (excludes halogenated alkanes) is 1. The average molecular weight is 520 g/mol. The van der Waals surface area contributed by atoms with Gasteiger partial charge in [0.1, 0.15) is 17.2 Å². The fraction of sp³-hybridized carbons (Fsp3) is 0.419. The number of phenolic OH excluding ortho intramolecular Hbond substituents is 1. The van der Waals surface area contributed by atoms with Crippen LogP contribution in [-0.4, -0.2) is 21.8 Å². The Kier molecular flexibility index (Phi) is 9.61. The summed E-state index contributed by atoms with van der Waals surface area (Å²) >= 11 is 0. The number of carbonyl (C=O) groups excluding carboxylic acids is 1. The van der Waals surface area contributed by atoms with Crippen LogP contribution in [0.4, 0.5) is 16.2 Å². The maximum Gasteiger partial charge on any atom is 0.323 e. The van der Waals surface area contributed by atoms with Gasteiger partial charge in [-0.05, 0) is 61.4 Å². The molecule has 0 spiro atoms. The van der Waals surface area contributed by atoms with Crippen molar-refractivity contribution >= 4 is 17.4 Å². The van der Waals surface area contributed by atoms with Gasteiger partial charge < -0.3 is 25.0 Å². The molecule has 3 rings (SSSR count). The maximum atomic E-state index is 13.6. The Bertz CT molecular complexity index is 1300. The predicted molar refractivity (Wildman–Crippen MR) is 156 cm³/mol. The van der Waals surface area contributed by atoms with E-state index < -0.39 is 6.03 Å². The van der Waals surface area contributed by atoms with E-state index in [9.17, 15) is 14.7 Å². The second-order valence-corrected chi connectivity index (χ2v) is 10.5. The fourth-order valence-electron chi connectivity index (χ4n) is 4.46. The highest BCUT2D eigenvalue weighted by Crippen LogP contribution is 2.37. The quantitative estimate of drug-likeness (QED) is 0.256. The van der Waals surface area contributed by atoms with E-state index in [4.69, 9.17) is 4.74 Å². The van der Waals surface area contributed by atoms with Crippen molar-refractivity contribution in [1.82, 2.24) is 4.57 Å². The fourth-order valence-corrected chi connectivity index (χ4v) is 4.46. The third kappa shape index (κ3) is 6.77. The molecule has 2 amide bonds. The zero-order chi connectivity index (χ0) is 28.0. The minimum absolute atomic E-state index is 0.0550. The van der Waals surface area contributed by atoms with Crippen LogP contribution in [-0.2, 0) is 6.54 Å². The van der Waals surface area contributed by atoms with Crippen molar-refractivity contribution in [2.24, 2.45) is 0 Å². The molecule has 0 saturated heterocycles. The first-order valence-electron chi connectivity index (χ1n) is 13.5. The van der Waals surface area contributed by atoms with E-state index in [0.717, 1.165) is 29.7 Å². The van der Waals surface area contributed by atoms with Gasteiger partial charge in [0, 0.05) is 35.6 Å². The minimum atomic E-state index is -0.489.